The van der Waals surface area contributed by atoms with Gasteiger partial charge in [-0.25, -0.2) is 4.98 Å². The van der Waals surface area contributed by atoms with Gasteiger partial charge in [0.15, 0.2) is 0 Å². The molecule has 0 spiro atoms. The van der Waals surface area contributed by atoms with Crippen LogP contribution in [-0.2, 0) is 6.54 Å². The van der Waals surface area contributed by atoms with Crippen molar-refractivity contribution in [2.75, 3.05) is 11.4 Å². The van der Waals surface area contributed by atoms with E-state index in [0.29, 0.717) is 5.69 Å². The van der Waals surface area contributed by atoms with E-state index in [4.69, 9.17) is 10.00 Å². The first kappa shape index (κ1) is 13.4. The van der Waals surface area contributed by atoms with Crippen LogP contribution in [0.15, 0.2) is 36.4 Å². The van der Waals surface area contributed by atoms with Crippen molar-refractivity contribution in [3.05, 3.63) is 53.2 Å². The second-order valence-electron chi connectivity index (χ2n) is 5.37. The van der Waals surface area contributed by atoms with Crippen LogP contribution in [0.25, 0.3) is 0 Å². The van der Waals surface area contributed by atoms with E-state index in [1.165, 1.54) is 0 Å². The third kappa shape index (κ3) is 2.68. The predicted octanol–water partition coefficient (Wildman–Crippen LogP) is 3.05. The highest BCUT2D eigenvalue weighted by Gasteiger charge is 2.22. The van der Waals surface area contributed by atoms with Crippen molar-refractivity contribution < 1.29 is 4.74 Å². The molecule has 0 fully saturated rings. The fourth-order valence-electron chi connectivity index (χ4n) is 2.65. The number of hydrogen-bond donors (Lipinski definition) is 0. The summed E-state index contributed by atoms with van der Waals surface area (Å²) in [6.07, 6.45) is 0.0700. The summed E-state index contributed by atoms with van der Waals surface area (Å²) in [6, 6.07) is 13.9. The fourth-order valence-corrected chi connectivity index (χ4v) is 2.65. The number of anilines is 1. The number of aryl methyl sites for hydroxylation is 1. The van der Waals surface area contributed by atoms with Gasteiger partial charge in [0.2, 0.25) is 0 Å². The number of nitriles is 1. The van der Waals surface area contributed by atoms with Gasteiger partial charge < -0.3 is 9.64 Å². The van der Waals surface area contributed by atoms with Gasteiger partial charge in [-0.2, -0.15) is 5.26 Å². The first-order valence-corrected chi connectivity index (χ1v) is 7.04. The summed E-state index contributed by atoms with van der Waals surface area (Å²) in [6.45, 7) is 5.56. The number of hydrogen-bond acceptors (Lipinski definition) is 4. The minimum atomic E-state index is 0.0700. The van der Waals surface area contributed by atoms with Gasteiger partial charge in [-0.05, 0) is 31.5 Å². The zero-order chi connectivity index (χ0) is 14.8. The van der Waals surface area contributed by atoms with E-state index in [9.17, 15) is 0 Å². The highest BCUT2D eigenvalue weighted by molar-refractivity contribution is 5.51. The summed E-state index contributed by atoms with van der Waals surface area (Å²) in [5.74, 6) is 1.79. The summed E-state index contributed by atoms with van der Waals surface area (Å²) in [4.78, 5) is 6.66. The molecule has 1 aromatic carbocycles. The Bertz CT molecular complexity index is 705. The molecule has 0 saturated carbocycles. The van der Waals surface area contributed by atoms with Gasteiger partial charge in [-0.1, -0.05) is 24.3 Å². The number of benzene rings is 1. The molecule has 1 aromatic heterocycles. The first-order chi connectivity index (χ1) is 10.2. The van der Waals surface area contributed by atoms with Crippen molar-refractivity contribution in [2.45, 2.75) is 26.5 Å². The molecule has 2 heterocycles. The third-order valence-electron chi connectivity index (χ3n) is 3.62. The summed E-state index contributed by atoms with van der Waals surface area (Å²) < 4.78 is 5.97. The summed E-state index contributed by atoms with van der Waals surface area (Å²) in [5, 5.41) is 9.06. The molecule has 2 aromatic rings. The van der Waals surface area contributed by atoms with Gasteiger partial charge >= 0.3 is 0 Å². The molecule has 0 radical (unpaired) electrons. The van der Waals surface area contributed by atoms with E-state index >= 15 is 0 Å². The van der Waals surface area contributed by atoms with Crippen LogP contribution in [0.2, 0.25) is 0 Å². The van der Waals surface area contributed by atoms with E-state index in [-0.39, 0.29) is 6.10 Å². The highest BCUT2D eigenvalue weighted by atomic mass is 16.5. The topological polar surface area (TPSA) is 49.2 Å². The standard InChI is InChI=1S/C17H17N3O/c1-12-7-8-15(9-18)19-17(12)20-10-13(2)21-16-6-4-3-5-14(16)11-20/h3-8,13H,10-11H2,1-2H3. The molecule has 4 heteroatoms. The summed E-state index contributed by atoms with van der Waals surface area (Å²) in [5.41, 5.74) is 2.66. The number of aromatic nitrogens is 1. The molecule has 21 heavy (non-hydrogen) atoms. The number of para-hydroxylation sites is 1. The van der Waals surface area contributed by atoms with Crippen molar-refractivity contribution >= 4 is 5.82 Å². The van der Waals surface area contributed by atoms with Crippen LogP contribution in [0.3, 0.4) is 0 Å². The maximum absolute atomic E-state index is 9.06. The van der Waals surface area contributed by atoms with Crippen LogP contribution in [0.1, 0.15) is 23.7 Å². The molecule has 0 N–H and O–H groups in total. The molecule has 1 atom stereocenters. The van der Waals surface area contributed by atoms with E-state index in [0.717, 1.165) is 35.8 Å². The van der Waals surface area contributed by atoms with Crippen molar-refractivity contribution in [1.82, 2.24) is 4.98 Å². The van der Waals surface area contributed by atoms with Crippen molar-refractivity contribution in [1.29, 1.82) is 5.26 Å². The Morgan fingerprint density at radius 2 is 2.10 bits per heavy atom. The zero-order valence-corrected chi connectivity index (χ0v) is 12.2. The fraction of sp³-hybridized carbons (Fsp3) is 0.294. The lowest BCUT2D eigenvalue weighted by Crippen LogP contribution is -2.32. The molecule has 3 rings (SSSR count). The third-order valence-corrected chi connectivity index (χ3v) is 3.62. The predicted molar refractivity (Wildman–Crippen MR) is 81.3 cm³/mol. The minimum Gasteiger partial charge on any atom is -0.489 e. The lowest BCUT2D eigenvalue weighted by Gasteiger charge is -2.24. The van der Waals surface area contributed by atoms with Crippen LogP contribution >= 0.6 is 0 Å². The molecule has 0 aliphatic carbocycles. The molecule has 1 unspecified atom stereocenters. The Balaban J connectivity index is 2.01. The van der Waals surface area contributed by atoms with Crippen molar-refractivity contribution in [3.8, 4) is 11.8 Å². The average molecular weight is 279 g/mol. The lowest BCUT2D eigenvalue weighted by atomic mass is 10.1. The van der Waals surface area contributed by atoms with Crippen LogP contribution in [-0.4, -0.2) is 17.6 Å². The number of ether oxygens (including phenoxy) is 1. The zero-order valence-electron chi connectivity index (χ0n) is 12.2. The smallest absolute Gasteiger partial charge is 0.142 e. The number of rotatable bonds is 1. The van der Waals surface area contributed by atoms with E-state index in [1.54, 1.807) is 6.07 Å². The molecule has 0 amide bonds. The Hall–Kier alpha value is -2.54. The van der Waals surface area contributed by atoms with E-state index in [2.05, 4.69) is 28.9 Å². The van der Waals surface area contributed by atoms with Gasteiger partial charge in [-0.15, -0.1) is 0 Å². The van der Waals surface area contributed by atoms with Gasteiger partial charge in [-0.3, -0.25) is 0 Å². The van der Waals surface area contributed by atoms with Crippen LogP contribution in [0.4, 0.5) is 5.82 Å². The molecule has 106 valence electrons. The number of fused-ring (bicyclic) bond motifs is 1. The Labute approximate surface area is 124 Å². The quantitative estimate of drug-likeness (QED) is 0.805. The molecule has 1 aliphatic heterocycles. The minimum absolute atomic E-state index is 0.0700. The van der Waals surface area contributed by atoms with Gasteiger partial charge in [0.25, 0.3) is 0 Å². The second-order valence-corrected chi connectivity index (χ2v) is 5.37. The highest BCUT2D eigenvalue weighted by Crippen LogP contribution is 2.28. The Kier molecular flexibility index (Phi) is 3.49. The molecule has 0 bridgehead atoms. The maximum atomic E-state index is 9.06. The van der Waals surface area contributed by atoms with Crippen LogP contribution in [0, 0.1) is 18.3 Å². The lowest BCUT2D eigenvalue weighted by molar-refractivity contribution is 0.232. The van der Waals surface area contributed by atoms with Crippen LogP contribution in [0.5, 0.6) is 5.75 Å². The van der Waals surface area contributed by atoms with Crippen LogP contribution < -0.4 is 9.64 Å². The van der Waals surface area contributed by atoms with Gasteiger partial charge in [0.05, 0.1) is 6.54 Å². The van der Waals surface area contributed by atoms with Gasteiger partial charge in [0, 0.05) is 12.1 Å². The summed E-state index contributed by atoms with van der Waals surface area (Å²) in [7, 11) is 0. The second kappa shape index (κ2) is 5.45. The SMILES string of the molecule is Cc1ccc(C#N)nc1N1Cc2ccccc2OC(C)C1. The van der Waals surface area contributed by atoms with E-state index < -0.39 is 0 Å². The van der Waals surface area contributed by atoms with Crippen molar-refractivity contribution in [2.24, 2.45) is 0 Å². The van der Waals surface area contributed by atoms with E-state index in [1.807, 2.05) is 31.2 Å². The normalized spacial score (nSPS) is 17.4. The molecular weight excluding hydrogens is 262 g/mol. The number of nitrogens with zero attached hydrogens (tertiary/aromatic N) is 3. The number of pyridine rings is 1. The molecule has 1 aliphatic rings. The first-order valence-electron chi connectivity index (χ1n) is 7.04. The maximum Gasteiger partial charge on any atom is 0.142 e. The monoisotopic (exact) mass is 279 g/mol. The molecule has 0 saturated heterocycles. The molecule has 4 nitrogen and oxygen atoms in total. The largest absolute Gasteiger partial charge is 0.489 e. The molecular formula is C17H17N3O. The van der Waals surface area contributed by atoms with Crippen molar-refractivity contribution in [3.63, 3.8) is 0 Å². The summed E-state index contributed by atoms with van der Waals surface area (Å²) >= 11 is 0. The Morgan fingerprint density at radius 3 is 2.90 bits per heavy atom. The van der Waals surface area contributed by atoms with Gasteiger partial charge in [0.1, 0.15) is 29.4 Å². The average Bonchev–Trinajstić information content (AvgIpc) is 2.65. The Morgan fingerprint density at radius 1 is 1.29 bits per heavy atom.